The van der Waals surface area contributed by atoms with Crippen LogP contribution >= 0.6 is 21.6 Å². The molecule has 0 bridgehead atoms. The van der Waals surface area contributed by atoms with Gasteiger partial charge in [0.1, 0.15) is 12.1 Å². The quantitative estimate of drug-likeness (QED) is 0.160. The summed E-state index contributed by atoms with van der Waals surface area (Å²) >= 11 is 0. The number of esters is 2. The van der Waals surface area contributed by atoms with Gasteiger partial charge < -0.3 is 20.1 Å². The minimum atomic E-state index is -0.758. The van der Waals surface area contributed by atoms with Gasteiger partial charge in [-0.05, 0) is 26.7 Å². The highest BCUT2D eigenvalue weighted by atomic mass is 33.1. The molecule has 186 valence electrons. The van der Waals surface area contributed by atoms with Gasteiger partial charge in [-0.25, -0.2) is 9.59 Å². The molecule has 0 aliphatic rings. The molecule has 10 heteroatoms. The molecule has 0 rings (SSSR count). The summed E-state index contributed by atoms with van der Waals surface area (Å²) in [5.74, 6) is -0.714. The summed E-state index contributed by atoms with van der Waals surface area (Å²) in [6, 6.07) is -1.52. The molecule has 32 heavy (non-hydrogen) atoms. The Bertz CT molecular complexity index is 515. The summed E-state index contributed by atoms with van der Waals surface area (Å²) in [5.41, 5.74) is 0. The Morgan fingerprint density at radius 2 is 1.03 bits per heavy atom. The predicted molar refractivity (Wildman–Crippen MR) is 130 cm³/mol. The first kappa shape index (κ1) is 30.6. The Labute approximate surface area is 200 Å². The van der Waals surface area contributed by atoms with Crippen LogP contribution in [-0.4, -0.2) is 60.6 Å². The molecule has 0 aliphatic carbocycles. The average Bonchev–Trinajstić information content (AvgIpc) is 2.75. The molecule has 0 saturated carbocycles. The van der Waals surface area contributed by atoms with Crippen molar-refractivity contribution in [3.63, 3.8) is 0 Å². The van der Waals surface area contributed by atoms with E-state index >= 15 is 0 Å². The number of nitrogens with one attached hydrogen (secondary N) is 2. The van der Waals surface area contributed by atoms with E-state index in [1.807, 2.05) is 0 Å². The molecule has 8 nitrogen and oxygen atoms in total. The molecular weight excluding hydrogens is 452 g/mol. The minimum Gasteiger partial charge on any atom is -0.464 e. The Balaban J connectivity index is 4.69. The summed E-state index contributed by atoms with van der Waals surface area (Å²) in [6.45, 7) is 8.01. The van der Waals surface area contributed by atoms with Crippen molar-refractivity contribution in [2.24, 2.45) is 0 Å². The zero-order valence-corrected chi connectivity index (χ0v) is 21.5. The molecule has 2 N–H and O–H groups in total. The Morgan fingerprint density at radius 1 is 0.656 bits per heavy atom. The van der Waals surface area contributed by atoms with Crippen molar-refractivity contribution in [2.45, 2.75) is 91.1 Å². The van der Waals surface area contributed by atoms with Crippen LogP contribution in [0, 0.1) is 0 Å². The number of rotatable bonds is 19. The molecule has 2 unspecified atom stereocenters. The van der Waals surface area contributed by atoms with Crippen molar-refractivity contribution in [2.75, 3.05) is 24.7 Å². The second kappa shape index (κ2) is 20.2. The lowest BCUT2D eigenvalue weighted by atomic mass is 10.2. The monoisotopic (exact) mass is 492 g/mol. The molecule has 0 spiro atoms. The van der Waals surface area contributed by atoms with Crippen molar-refractivity contribution in [1.82, 2.24) is 10.6 Å². The van der Waals surface area contributed by atoms with Crippen LogP contribution in [-0.2, 0) is 28.7 Å². The van der Waals surface area contributed by atoms with E-state index in [0.29, 0.717) is 24.3 Å². The van der Waals surface area contributed by atoms with Gasteiger partial charge in [-0.2, -0.15) is 0 Å². The number of amides is 2. The Morgan fingerprint density at radius 3 is 1.34 bits per heavy atom. The summed E-state index contributed by atoms with van der Waals surface area (Å²) in [7, 11) is 2.68. The highest BCUT2D eigenvalue weighted by molar-refractivity contribution is 8.76. The SMILES string of the molecule is CCCCCC(=O)NC(CSSCC(NC(=O)CCCCC)C(=O)OCC)C(=O)OCC. The van der Waals surface area contributed by atoms with Crippen LogP contribution in [0.4, 0.5) is 0 Å². The molecule has 0 saturated heterocycles. The third-order valence-corrected chi connectivity index (χ3v) is 6.80. The maximum absolute atomic E-state index is 12.2. The van der Waals surface area contributed by atoms with E-state index in [2.05, 4.69) is 24.5 Å². The van der Waals surface area contributed by atoms with Crippen molar-refractivity contribution in [1.29, 1.82) is 0 Å². The highest BCUT2D eigenvalue weighted by Gasteiger charge is 2.25. The van der Waals surface area contributed by atoms with Gasteiger partial charge in [-0.15, -0.1) is 0 Å². The van der Waals surface area contributed by atoms with Gasteiger partial charge in [0.2, 0.25) is 11.8 Å². The van der Waals surface area contributed by atoms with Crippen molar-refractivity contribution in [3.05, 3.63) is 0 Å². The molecular formula is C22H40N2O6S2. The lowest BCUT2D eigenvalue weighted by molar-refractivity contribution is -0.147. The zero-order chi connectivity index (χ0) is 24.2. The summed E-state index contributed by atoms with van der Waals surface area (Å²) in [5, 5.41) is 5.49. The van der Waals surface area contributed by atoms with E-state index in [1.165, 1.54) is 21.6 Å². The van der Waals surface area contributed by atoms with Gasteiger partial charge in [-0.1, -0.05) is 61.1 Å². The van der Waals surface area contributed by atoms with E-state index in [0.717, 1.165) is 38.5 Å². The fourth-order valence-electron chi connectivity index (χ4n) is 2.66. The average molecular weight is 493 g/mol. The summed E-state index contributed by atoms with van der Waals surface area (Å²) in [4.78, 5) is 48.7. The molecule has 2 atom stereocenters. The number of unbranched alkanes of at least 4 members (excludes halogenated alkanes) is 4. The predicted octanol–water partition coefficient (Wildman–Crippen LogP) is 3.62. The van der Waals surface area contributed by atoms with Gasteiger partial charge in [-0.3, -0.25) is 9.59 Å². The summed E-state index contributed by atoms with van der Waals surface area (Å²) < 4.78 is 10.1. The number of hydrogen-bond donors (Lipinski definition) is 2. The maximum Gasteiger partial charge on any atom is 0.329 e. The van der Waals surface area contributed by atoms with E-state index in [1.54, 1.807) is 13.8 Å². The van der Waals surface area contributed by atoms with Crippen molar-refractivity contribution < 1.29 is 28.7 Å². The second-order valence-electron chi connectivity index (χ2n) is 7.23. The largest absolute Gasteiger partial charge is 0.464 e. The molecule has 0 aliphatic heterocycles. The molecule has 0 aromatic carbocycles. The Kier molecular flexibility index (Phi) is 19.3. The third kappa shape index (κ3) is 15.4. The fourth-order valence-corrected chi connectivity index (χ4v) is 4.96. The van der Waals surface area contributed by atoms with Crippen molar-refractivity contribution in [3.8, 4) is 0 Å². The van der Waals surface area contributed by atoms with Crippen LogP contribution in [0.3, 0.4) is 0 Å². The zero-order valence-electron chi connectivity index (χ0n) is 19.9. The van der Waals surface area contributed by atoms with Crippen LogP contribution in [0.5, 0.6) is 0 Å². The molecule has 0 aromatic rings. The van der Waals surface area contributed by atoms with E-state index in [-0.39, 0.29) is 25.0 Å². The number of hydrogen-bond acceptors (Lipinski definition) is 8. The van der Waals surface area contributed by atoms with Crippen LogP contribution in [0.2, 0.25) is 0 Å². The van der Waals surface area contributed by atoms with E-state index in [9.17, 15) is 19.2 Å². The lowest BCUT2D eigenvalue weighted by Crippen LogP contribution is -2.44. The van der Waals surface area contributed by atoms with Gasteiger partial charge >= 0.3 is 11.9 Å². The fraction of sp³-hybridized carbons (Fsp3) is 0.818. The smallest absolute Gasteiger partial charge is 0.329 e. The first-order chi connectivity index (χ1) is 15.4. The number of carbonyl (C=O) groups is 4. The van der Waals surface area contributed by atoms with Gasteiger partial charge in [0.25, 0.3) is 0 Å². The van der Waals surface area contributed by atoms with E-state index in [4.69, 9.17) is 9.47 Å². The number of ether oxygens (including phenoxy) is 2. The maximum atomic E-state index is 12.2. The first-order valence-electron chi connectivity index (χ1n) is 11.6. The molecule has 0 radical (unpaired) electrons. The number of carbonyl (C=O) groups excluding carboxylic acids is 4. The molecule has 2 amide bonds. The van der Waals surface area contributed by atoms with Gasteiger partial charge in [0.15, 0.2) is 0 Å². The summed E-state index contributed by atoms with van der Waals surface area (Å²) in [6.07, 6.45) is 6.24. The first-order valence-corrected chi connectivity index (χ1v) is 14.0. The minimum absolute atomic E-state index is 0.175. The van der Waals surface area contributed by atoms with Crippen LogP contribution in [0.25, 0.3) is 0 Å². The lowest BCUT2D eigenvalue weighted by Gasteiger charge is -2.19. The van der Waals surface area contributed by atoms with E-state index < -0.39 is 24.0 Å². The van der Waals surface area contributed by atoms with Crippen molar-refractivity contribution >= 4 is 45.3 Å². The normalized spacial score (nSPS) is 12.5. The van der Waals surface area contributed by atoms with Crippen LogP contribution in [0.1, 0.15) is 79.1 Å². The topological polar surface area (TPSA) is 111 Å². The van der Waals surface area contributed by atoms with Gasteiger partial charge in [0.05, 0.1) is 13.2 Å². The molecule has 0 fully saturated rings. The Hall–Kier alpha value is -1.42. The molecule has 0 aromatic heterocycles. The highest BCUT2D eigenvalue weighted by Crippen LogP contribution is 2.24. The van der Waals surface area contributed by atoms with Crippen LogP contribution < -0.4 is 10.6 Å². The third-order valence-electron chi connectivity index (χ3n) is 4.38. The van der Waals surface area contributed by atoms with Crippen LogP contribution in [0.15, 0.2) is 0 Å². The second-order valence-corrected chi connectivity index (χ2v) is 9.78. The molecule has 0 heterocycles. The standard InChI is InChI=1S/C22H40N2O6S2/c1-5-9-11-13-19(25)23-17(21(27)29-7-3)15-31-32-16-18(22(28)30-8-4)24-20(26)14-12-10-6-2/h17-18H,5-16H2,1-4H3,(H,23,25)(H,24,26). The van der Waals surface area contributed by atoms with Gasteiger partial charge in [0, 0.05) is 24.3 Å².